The first-order chi connectivity index (χ1) is 11.5. The molecule has 0 unspecified atom stereocenters. The van der Waals surface area contributed by atoms with Gasteiger partial charge in [0.25, 0.3) is 0 Å². The number of halogens is 1. The van der Waals surface area contributed by atoms with Crippen molar-refractivity contribution in [3.8, 4) is 0 Å². The molecule has 2 heterocycles. The Morgan fingerprint density at radius 3 is 2.71 bits per heavy atom. The van der Waals surface area contributed by atoms with Crippen molar-refractivity contribution < 1.29 is 14.0 Å². The molecule has 1 N–H and O–H groups in total. The molecule has 1 saturated heterocycles. The number of benzene rings is 1. The molecule has 1 aliphatic rings. The molecule has 0 bridgehead atoms. The van der Waals surface area contributed by atoms with E-state index in [2.05, 4.69) is 10.3 Å². The fraction of sp³-hybridized carbons (Fsp3) is 0.353. The molecule has 1 aliphatic heterocycles. The maximum absolute atomic E-state index is 13.2. The van der Waals surface area contributed by atoms with Crippen molar-refractivity contribution in [1.29, 1.82) is 0 Å². The molecular weight excluding hydrogens is 311 g/mol. The highest BCUT2D eigenvalue weighted by Crippen LogP contribution is 2.21. The number of aryl methyl sites for hydroxylation is 1. The number of nitrogens with one attached hydrogen (secondary N) is 1. The molecule has 3 rings (SSSR count). The minimum absolute atomic E-state index is 0.000439. The van der Waals surface area contributed by atoms with E-state index < -0.39 is 6.04 Å². The van der Waals surface area contributed by atoms with Gasteiger partial charge in [-0.25, -0.2) is 9.37 Å². The summed E-state index contributed by atoms with van der Waals surface area (Å²) >= 11 is 0. The van der Waals surface area contributed by atoms with Crippen molar-refractivity contribution >= 4 is 11.8 Å². The van der Waals surface area contributed by atoms with Crippen LogP contribution in [0, 0.1) is 5.82 Å². The predicted molar refractivity (Wildman–Crippen MR) is 85.4 cm³/mol. The fourth-order valence-corrected chi connectivity index (χ4v) is 2.86. The molecule has 126 valence electrons. The third kappa shape index (κ3) is 3.45. The highest BCUT2D eigenvalue weighted by Gasteiger charge is 2.25. The number of amides is 2. The smallest absolute Gasteiger partial charge is 0.240 e. The molecular formula is C17H19FN4O2. The summed E-state index contributed by atoms with van der Waals surface area (Å²) in [6.07, 6.45) is 4.70. The van der Waals surface area contributed by atoms with E-state index in [1.807, 2.05) is 7.05 Å². The van der Waals surface area contributed by atoms with Gasteiger partial charge in [-0.15, -0.1) is 0 Å². The number of likely N-dealkylation sites (tertiary alicyclic amines) is 1. The molecule has 6 nitrogen and oxygen atoms in total. The normalized spacial score (nSPS) is 15.6. The number of carbonyl (C=O) groups excluding carboxylic acids is 2. The number of aromatic nitrogens is 2. The van der Waals surface area contributed by atoms with E-state index in [9.17, 15) is 14.0 Å². The van der Waals surface area contributed by atoms with Crippen LogP contribution < -0.4 is 5.32 Å². The van der Waals surface area contributed by atoms with Crippen molar-refractivity contribution in [3.05, 3.63) is 53.9 Å². The maximum atomic E-state index is 13.2. The van der Waals surface area contributed by atoms with Gasteiger partial charge in [0.15, 0.2) is 0 Å². The van der Waals surface area contributed by atoms with Gasteiger partial charge in [-0.05, 0) is 24.1 Å². The van der Waals surface area contributed by atoms with E-state index in [-0.39, 0.29) is 24.2 Å². The first-order valence-electron chi connectivity index (χ1n) is 7.84. The lowest BCUT2D eigenvalue weighted by molar-refractivity contribution is -0.133. The van der Waals surface area contributed by atoms with Gasteiger partial charge in [0.1, 0.15) is 17.7 Å². The predicted octanol–water partition coefficient (Wildman–Crippen LogP) is 1.39. The van der Waals surface area contributed by atoms with E-state index >= 15 is 0 Å². The molecule has 2 aromatic rings. The van der Waals surface area contributed by atoms with Gasteiger partial charge < -0.3 is 14.8 Å². The van der Waals surface area contributed by atoms with Crippen molar-refractivity contribution in [2.45, 2.75) is 18.9 Å². The third-order valence-electron chi connectivity index (χ3n) is 4.13. The maximum Gasteiger partial charge on any atom is 0.240 e. The summed E-state index contributed by atoms with van der Waals surface area (Å²) in [6, 6.07) is 5.44. The fourth-order valence-electron chi connectivity index (χ4n) is 2.86. The summed E-state index contributed by atoms with van der Waals surface area (Å²) in [7, 11) is 1.83. The van der Waals surface area contributed by atoms with Crippen LogP contribution >= 0.6 is 0 Å². The Morgan fingerprint density at radius 2 is 2.12 bits per heavy atom. The SMILES string of the molecule is Cn1ccnc1[C@H](NC(=O)CN1CCCC1=O)c1ccc(F)cc1. The zero-order valence-electron chi connectivity index (χ0n) is 13.4. The molecule has 24 heavy (non-hydrogen) atoms. The third-order valence-corrected chi connectivity index (χ3v) is 4.13. The van der Waals surface area contributed by atoms with Crippen molar-refractivity contribution in [2.24, 2.45) is 7.05 Å². The zero-order chi connectivity index (χ0) is 17.1. The Balaban J connectivity index is 1.80. The van der Waals surface area contributed by atoms with Crippen LogP contribution in [0.3, 0.4) is 0 Å². The van der Waals surface area contributed by atoms with Crippen molar-refractivity contribution in [3.63, 3.8) is 0 Å². The van der Waals surface area contributed by atoms with E-state index in [1.54, 1.807) is 34.0 Å². The van der Waals surface area contributed by atoms with Crippen LogP contribution in [0.4, 0.5) is 4.39 Å². The van der Waals surface area contributed by atoms with Crippen LogP contribution in [0.15, 0.2) is 36.7 Å². The van der Waals surface area contributed by atoms with Gasteiger partial charge in [0.05, 0.1) is 6.54 Å². The molecule has 0 saturated carbocycles. The summed E-state index contributed by atoms with van der Waals surface area (Å²) in [5.41, 5.74) is 0.729. The zero-order valence-corrected chi connectivity index (χ0v) is 13.4. The molecule has 1 fully saturated rings. The first kappa shape index (κ1) is 16.2. The highest BCUT2D eigenvalue weighted by atomic mass is 19.1. The number of carbonyl (C=O) groups is 2. The number of hydrogen-bond acceptors (Lipinski definition) is 3. The molecule has 1 aromatic carbocycles. The molecule has 0 radical (unpaired) electrons. The summed E-state index contributed by atoms with van der Waals surface area (Å²) in [5, 5.41) is 2.90. The molecule has 1 aromatic heterocycles. The lowest BCUT2D eigenvalue weighted by Crippen LogP contribution is -2.40. The van der Waals surface area contributed by atoms with E-state index in [1.165, 1.54) is 12.1 Å². The van der Waals surface area contributed by atoms with E-state index in [4.69, 9.17) is 0 Å². The number of hydrogen-bond donors (Lipinski definition) is 1. The second-order valence-electron chi connectivity index (χ2n) is 5.87. The van der Waals surface area contributed by atoms with Gasteiger partial charge in [-0.2, -0.15) is 0 Å². The summed E-state index contributed by atoms with van der Waals surface area (Å²) in [5.74, 6) is 0.0390. The summed E-state index contributed by atoms with van der Waals surface area (Å²) in [4.78, 5) is 29.9. The molecule has 0 spiro atoms. The number of imidazole rings is 1. The molecule has 2 amide bonds. The Labute approximate surface area is 139 Å². The Bertz CT molecular complexity index is 741. The monoisotopic (exact) mass is 330 g/mol. The second-order valence-corrected chi connectivity index (χ2v) is 5.87. The standard InChI is InChI=1S/C17H19FN4O2/c1-21-10-8-19-17(21)16(12-4-6-13(18)7-5-12)20-14(23)11-22-9-2-3-15(22)24/h4-8,10,16H,2-3,9,11H2,1H3,(H,20,23)/t16-/m1/s1. The van der Waals surface area contributed by atoms with E-state index in [0.29, 0.717) is 18.8 Å². The van der Waals surface area contributed by atoms with Crippen LogP contribution in [-0.2, 0) is 16.6 Å². The average Bonchev–Trinajstić information content (AvgIpc) is 3.15. The van der Waals surface area contributed by atoms with Gasteiger partial charge >= 0.3 is 0 Å². The second kappa shape index (κ2) is 6.82. The lowest BCUT2D eigenvalue weighted by atomic mass is 10.1. The van der Waals surface area contributed by atoms with Gasteiger partial charge in [0, 0.05) is 32.4 Å². The van der Waals surface area contributed by atoms with E-state index in [0.717, 1.165) is 12.0 Å². The Morgan fingerprint density at radius 1 is 1.38 bits per heavy atom. The number of rotatable bonds is 5. The summed E-state index contributed by atoms with van der Waals surface area (Å²) < 4.78 is 15.0. The Kier molecular flexibility index (Phi) is 4.59. The largest absolute Gasteiger partial charge is 0.341 e. The Hall–Kier alpha value is -2.70. The van der Waals surface area contributed by atoms with Crippen LogP contribution in [0.5, 0.6) is 0 Å². The van der Waals surface area contributed by atoms with Gasteiger partial charge in [-0.1, -0.05) is 12.1 Å². The first-order valence-corrected chi connectivity index (χ1v) is 7.84. The molecule has 0 aliphatic carbocycles. The van der Waals surface area contributed by atoms with Crippen molar-refractivity contribution in [1.82, 2.24) is 19.8 Å². The minimum atomic E-state index is -0.504. The molecule has 7 heteroatoms. The topological polar surface area (TPSA) is 67.2 Å². The van der Waals surface area contributed by atoms with Crippen LogP contribution in [-0.4, -0.2) is 39.4 Å². The van der Waals surface area contributed by atoms with Crippen LogP contribution in [0.2, 0.25) is 0 Å². The van der Waals surface area contributed by atoms with Crippen LogP contribution in [0.25, 0.3) is 0 Å². The summed E-state index contributed by atoms with van der Waals surface area (Å²) in [6.45, 7) is 0.636. The average molecular weight is 330 g/mol. The highest BCUT2D eigenvalue weighted by molar-refractivity contribution is 5.86. The van der Waals surface area contributed by atoms with Gasteiger partial charge in [0.2, 0.25) is 11.8 Å². The lowest BCUT2D eigenvalue weighted by Gasteiger charge is -2.21. The van der Waals surface area contributed by atoms with Crippen LogP contribution in [0.1, 0.15) is 30.3 Å². The van der Waals surface area contributed by atoms with Gasteiger partial charge in [-0.3, -0.25) is 9.59 Å². The minimum Gasteiger partial charge on any atom is -0.341 e. The number of nitrogens with zero attached hydrogens (tertiary/aromatic N) is 3. The van der Waals surface area contributed by atoms with Crippen molar-refractivity contribution in [2.75, 3.05) is 13.1 Å². The quantitative estimate of drug-likeness (QED) is 0.901. The molecule has 1 atom stereocenters.